The van der Waals surface area contributed by atoms with Crippen molar-refractivity contribution in [1.29, 1.82) is 0 Å². The molecule has 0 aliphatic carbocycles. The third kappa shape index (κ3) is 5.52. The summed E-state index contributed by atoms with van der Waals surface area (Å²) in [5.41, 5.74) is 2.65. The quantitative estimate of drug-likeness (QED) is 0.553. The van der Waals surface area contributed by atoms with Gasteiger partial charge in [-0.2, -0.15) is 5.10 Å². The molecule has 0 amide bonds. The summed E-state index contributed by atoms with van der Waals surface area (Å²) in [6, 6.07) is 6.16. The summed E-state index contributed by atoms with van der Waals surface area (Å²) < 4.78 is 6.19. The Morgan fingerprint density at radius 2 is 2.03 bits per heavy atom. The summed E-state index contributed by atoms with van der Waals surface area (Å²) in [4.78, 5) is 16.3. The van der Waals surface area contributed by atoms with Gasteiger partial charge in [0.25, 0.3) is 5.56 Å². The number of H-pyrrole nitrogens is 1. The lowest BCUT2D eigenvalue weighted by Crippen LogP contribution is -2.30. The Morgan fingerprint density at radius 1 is 1.17 bits per heavy atom. The van der Waals surface area contributed by atoms with Crippen LogP contribution in [-0.4, -0.2) is 41.3 Å². The summed E-state index contributed by atoms with van der Waals surface area (Å²) >= 11 is 6.19. The van der Waals surface area contributed by atoms with E-state index in [-0.39, 0.29) is 10.6 Å². The maximum absolute atomic E-state index is 11.8. The lowest BCUT2D eigenvalue weighted by atomic mass is 10.1. The summed E-state index contributed by atoms with van der Waals surface area (Å²) in [6.45, 7) is 9.68. The largest absolute Gasteiger partial charge is 0.492 e. The van der Waals surface area contributed by atoms with E-state index in [1.165, 1.54) is 24.8 Å². The summed E-state index contributed by atoms with van der Waals surface area (Å²) in [5, 5.41) is 6.44. The number of hydrogen-bond donors (Lipinski definition) is 1. The van der Waals surface area contributed by atoms with E-state index in [0.29, 0.717) is 25.4 Å². The Kier molecular flexibility index (Phi) is 7.95. The first-order chi connectivity index (χ1) is 14.1. The molecule has 1 N–H and O–H groups in total. The van der Waals surface area contributed by atoms with Gasteiger partial charge < -0.3 is 9.64 Å². The van der Waals surface area contributed by atoms with Gasteiger partial charge >= 0.3 is 0 Å². The van der Waals surface area contributed by atoms with Gasteiger partial charge in [0.15, 0.2) is 0 Å². The average molecular weight is 419 g/mol. The van der Waals surface area contributed by atoms with E-state index in [0.717, 1.165) is 37.4 Å². The van der Waals surface area contributed by atoms with Gasteiger partial charge in [0.1, 0.15) is 17.4 Å². The third-order valence-corrected chi connectivity index (χ3v) is 5.71. The van der Waals surface area contributed by atoms with Crippen molar-refractivity contribution >= 4 is 17.3 Å². The second kappa shape index (κ2) is 10.6. The fourth-order valence-corrected chi connectivity index (χ4v) is 4.02. The number of halogens is 1. The highest BCUT2D eigenvalue weighted by Gasteiger charge is 2.25. The fourth-order valence-electron chi connectivity index (χ4n) is 3.81. The first-order valence-electron chi connectivity index (χ1n) is 10.6. The van der Waals surface area contributed by atoms with Gasteiger partial charge in [-0.05, 0) is 37.6 Å². The molecule has 0 saturated heterocycles. The minimum atomic E-state index is -0.365. The first kappa shape index (κ1) is 21.7. The Hall–Kier alpha value is -2.05. The number of anilines is 1. The van der Waals surface area contributed by atoms with E-state index in [4.69, 9.17) is 16.3 Å². The first-order valence-corrected chi connectivity index (χ1v) is 11.0. The number of nitrogens with zero attached hydrogens (tertiary/aromatic N) is 3. The molecule has 1 aromatic carbocycles. The monoisotopic (exact) mass is 418 g/mol. The van der Waals surface area contributed by atoms with Crippen molar-refractivity contribution in [2.24, 2.45) is 0 Å². The summed E-state index contributed by atoms with van der Waals surface area (Å²) in [6.07, 6.45) is 6.54. The predicted molar refractivity (Wildman–Crippen MR) is 118 cm³/mol. The van der Waals surface area contributed by atoms with Crippen molar-refractivity contribution in [2.75, 3.05) is 31.1 Å². The SMILES string of the molecule is CCCCCN(CCC)CCOc1cccc2c1CN(c1cn[nH]c(=O)c1Cl)C2. The molecule has 0 radical (unpaired) electrons. The zero-order valence-corrected chi connectivity index (χ0v) is 18.2. The molecule has 0 atom stereocenters. The molecule has 1 aliphatic rings. The van der Waals surface area contributed by atoms with E-state index >= 15 is 0 Å². The molecule has 0 bridgehead atoms. The highest BCUT2D eigenvalue weighted by atomic mass is 35.5. The third-order valence-electron chi connectivity index (χ3n) is 5.34. The molecule has 3 rings (SSSR count). The Morgan fingerprint density at radius 3 is 2.83 bits per heavy atom. The number of aromatic nitrogens is 2. The van der Waals surface area contributed by atoms with Crippen LogP contribution in [0, 0.1) is 0 Å². The molecule has 2 heterocycles. The van der Waals surface area contributed by atoms with E-state index in [9.17, 15) is 4.79 Å². The van der Waals surface area contributed by atoms with Crippen LogP contribution in [0.25, 0.3) is 0 Å². The standard InChI is InChI=1S/C22H31ClN4O2/c1-3-5-6-11-26(10-4-2)12-13-29-20-9-7-8-17-15-27(16-18(17)20)19-14-24-25-22(28)21(19)23/h7-9,14H,3-6,10-13,15-16H2,1-2H3,(H,25,28). The van der Waals surface area contributed by atoms with E-state index in [1.54, 1.807) is 6.20 Å². The molecule has 2 aromatic rings. The van der Waals surface area contributed by atoms with Crippen molar-refractivity contribution in [2.45, 2.75) is 52.6 Å². The highest BCUT2D eigenvalue weighted by molar-refractivity contribution is 6.33. The number of benzene rings is 1. The van der Waals surface area contributed by atoms with Crippen LogP contribution >= 0.6 is 11.6 Å². The zero-order chi connectivity index (χ0) is 20.6. The molecule has 0 spiro atoms. The van der Waals surface area contributed by atoms with Crippen LogP contribution in [0.1, 0.15) is 50.7 Å². The fraction of sp³-hybridized carbons (Fsp3) is 0.545. The second-order valence-corrected chi connectivity index (χ2v) is 7.92. The second-order valence-electron chi connectivity index (χ2n) is 7.55. The number of nitrogens with one attached hydrogen (secondary N) is 1. The molecule has 0 saturated carbocycles. The highest BCUT2D eigenvalue weighted by Crippen LogP contribution is 2.35. The molecular formula is C22H31ClN4O2. The van der Waals surface area contributed by atoms with Crippen molar-refractivity contribution in [1.82, 2.24) is 15.1 Å². The Balaban J connectivity index is 1.62. The molecule has 6 nitrogen and oxygen atoms in total. The number of fused-ring (bicyclic) bond motifs is 1. The van der Waals surface area contributed by atoms with Gasteiger partial charge in [-0.3, -0.25) is 9.69 Å². The smallest absolute Gasteiger partial charge is 0.285 e. The number of ether oxygens (including phenoxy) is 1. The van der Waals surface area contributed by atoms with Crippen molar-refractivity contribution < 1.29 is 4.74 Å². The molecule has 1 aliphatic heterocycles. The number of aromatic amines is 1. The van der Waals surface area contributed by atoms with E-state index in [1.807, 2.05) is 12.1 Å². The van der Waals surface area contributed by atoms with Gasteiger partial charge in [-0.1, -0.05) is 50.4 Å². The maximum atomic E-state index is 11.8. The van der Waals surface area contributed by atoms with Crippen LogP contribution in [0.2, 0.25) is 5.02 Å². The molecular weight excluding hydrogens is 388 g/mol. The zero-order valence-electron chi connectivity index (χ0n) is 17.4. The van der Waals surface area contributed by atoms with Gasteiger partial charge in [-0.25, -0.2) is 5.10 Å². The summed E-state index contributed by atoms with van der Waals surface area (Å²) in [7, 11) is 0. The maximum Gasteiger partial charge on any atom is 0.285 e. The van der Waals surface area contributed by atoms with E-state index in [2.05, 4.69) is 39.9 Å². The minimum Gasteiger partial charge on any atom is -0.492 e. The van der Waals surface area contributed by atoms with Crippen molar-refractivity contribution in [3.05, 3.63) is 50.9 Å². The van der Waals surface area contributed by atoms with Crippen LogP contribution in [-0.2, 0) is 13.1 Å². The van der Waals surface area contributed by atoms with Gasteiger partial charge in [0, 0.05) is 25.2 Å². The van der Waals surface area contributed by atoms with Crippen LogP contribution in [0.5, 0.6) is 5.75 Å². The Bertz CT molecular complexity index is 855. The molecule has 29 heavy (non-hydrogen) atoms. The van der Waals surface area contributed by atoms with Crippen LogP contribution in [0.15, 0.2) is 29.2 Å². The van der Waals surface area contributed by atoms with Gasteiger partial charge in [-0.15, -0.1) is 0 Å². The predicted octanol–water partition coefficient (Wildman–Crippen LogP) is 4.22. The average Bonchev–Trinajstić information content (AvgIpc) is 3.15. The van der Waals surface area contributed by atoms with Crippen LogP contribution < -0.4 is 15.2 Å². The lowest BCUT2D eigenvalue weighted by molar-refractivity contribution is 0.205. The lowest BCUT2D eigenvalue weighted by Gasteiger charge is -2.22. The molecule has 0 fully saturated rings. The normalized spacial score (nSPS) is 13.2. The molecule has 0 unspecified atom stereocenters. The van der Waals surface area contributed by atoms with E-state index < -0.39 is 0 Å². The van der Waals surface area contributed by atoms with Gasteiger partial charge in [0.2, 0.25) is 0 Å². The number of rotatable bonds is 11. The Labute approximate surface area is 177 Å². The number of unbranched alkanes of at least 4 members (excludes halogenated alkanes) is 2. The van der Waals surface area contributed by atoms with Crippen LogP contribution in [0.4, 0.5) is 5.69 Å². The molecule has 1 aromatic heterocycles. The van der Waals surface area contributed by atoms with Crippen molar-refractivity contribution in [3.63, 3.8) is 0 Å². The summed E-state index contributed by atoms with van der Waals surface area (Å²) in [5.74, 6) is 0.920. The van der Waals surface area contributed by atoms with Gasteiger partial charge in [0.05, 0.1) is 11.9 Å². The molecule has 158 valence electrons. The minimum absolute atomic E-state index is 0.178. The van der Waals surface area contributed by atoms with Crippen LogP contribution in [0.3, 0.4) is 0 Å². The molecule has 7 heteroatoms. The van der Waals surface area contributed by atoms with Crippen molar-refractivity contribution in [3.8, 4) is 5.75 Å². The number of hydrogen-bond acceptors (Lipinski definition) is 5. The topological polar surface area (TPSA) is 61.5 Å².